The molecule has 0 saturated carbocycles. The first-order valence-electron chi connectivity index (χ1n) is 45.0. The lowest BCUT2D eigenvalue weighted by atomic mass is 9.81. The molecule has 20 aromatic rings. The molecule has 20 aromatic carbocycles. The monoisotopic (exact) mass is 1640 g/mol. The van der Waals surface area contributed by atoms with E-state index < -0.39 is 0 Å². The molecular formula is C124H96N4. The van der Waals surface area contributed by atoms with Crippen LogP contribution in [0.2, 0.25) is 0 Å². The minimum Gasteiger partial charge on any atom is -0.310 e. The molecule has 0 heterocycles. The van der Waals surface area contributed by atoms with Gasteiger partial charge in [-0.3, -0.25) is 0 Å². The maximum atomic E-state index is 2.49. The van der Waals surface area contributed by atoms with E-state index in [0.717, 1.165) is 68.2 Å². The molecule has 0 N–H and O–H groups in total. The quantitative estimate of drug-likeness (QED) is 0.101. The van der Waals surface area contributed by atoms with E-state index >= 15 is 0 Å². The van der Waals surface area contributed by atoms with Crippen molar-refractivity contribution in [2.75, 3.05) is 19.6 Å². The van der Waals surface area contributed by atoms with Gasteiger partial charge in [0.05, 0.1) is 11.4 Å². The van der Waals surface area contributed by atoms with Gasteiger partial charge < -0.3 is 19.6 Å². The van der Waals surface area contributed by atoms with Gasteiger partial charge in [-0.05, 0) is 277 Å². The molecule has 0 aliphatic heterocycles. The van der Waals surface area contributed by atoms with Crippen LogP contribution in [0.3, 0.4) is 0 Å². The van der Waals surface area contributed by atoms with Crippen LogP contribution >= 0.6 is 0 Å². The van der Waals surface area contributed by atoms with Crippen molar-refractivity contribution in [1.82, 2.24) is 0 Å². The summed E-state index contributed by atoms with van der Waals surface area (Å²) in [6.45, 7) is 19.0. The minimum absolute atomic E-state index is 0.125. The number of benzene rings is 20. The van der Waals surface area contributed by atoms with Gasteiger partial charge in [-0.15, -0.1) is 0 Å². The molecule has 0 atom stereocenters. The second kappa shape index (κ2) is 30.2. The van der Waals surface area contributed by atoms with Crippen LogP contribution in [0.5, 0.6) is 0 Å². The molecule has 4 heteroatoms. The Morgan fingerprint density at radius 3 is 0.742 bits per heavy atom. The number of hydrogen-bond acceptors (Lipinski definition) is 4. The third-order valence-corrected chi connectivity index (χ3v) is 28.4. The second-order valence-electron chi connectivity index (χ2n) is 37.1. The van der Waals surface area contributed by atoms with Gasteiger partial charge in [0.25, 0.3) is 0 Å². The second-order valence-corrected chi connectivity index (χ2v) is 37.1. The van der Waals surface area contributed by atoms with Gasteiger partial charge in [0, 0.05) is 89.3 Å². The molecular weight excluding hydrogens is 1550 g/mol. The van der Waals surface area contributed by atoms with Gasteiger partial charge in [-0.25, -0.2) is 0 Å². The molecule has 0 amide bonds. The molecule has 4 aliphatic carbocycles. The first-order valence-corrected chi connectivity index (χ1v) is 45.0. The van der Waals surface area contributed by atoms with E-state index in [2.05, 4.69) is 512 Å². The fourth-order valence-corrected chi connectivity index (χ4v) is 21.9. The summed E-state index contributed by atoms with van der Waals surface area (Å²) in [6.07, 6.45) is 0. The van der Waals surface area contributed by atoms with Crippen molar-refractivity contribution < 1.29 is 0 Å². The Kier molecular flexibility index (Phi) is 18.3. The van der Waals surface area contributed by atoms with E-state index in [0.29, 0.717) is 0 Å². The highest BCUT2D eigenvalue weighted by Crippen LogP contribution is 2.59. The number of para-hydroxylation sites is 4. The smallest absolute Gasteiger partial charge is 0.0561 e. The van der Waals surface area contributed by atoms with Crippen molar-refractivity contribution >= 4 is 111 Å². The van der Waals surface area contributed by atoms with Gasteiger partial charge >= 0.3 is 0 Å². The van der Waals surface area contributed by atoms with Crippen LogP contribution in [0, 0.1) is 0 Å². The van der Waals surface area contributed by atoms with E-state index in [4.69, 9.17) is 0 Å². The summed E-state index contributed by atoms with van der Waals surface area (Å²) in [7, 11) is 0. The SMILES string of the molecule is CC1(C)c2cc(-c3ccccc3)ccc2-c2ccc(N(c3ccccc3)c3cc(N(c4ccccc4)c4ccc5c(c4)C(C)(C)c4cc(-c6ccccc6)ccc4-5)c4ccc5ccccc5c4c3)cc21.CC1(C)c2ccccc2-c2ccc(N(c3ccccc3)c3cc(N(c4ccccc4)c4ccc5c(c4)C(C)(C)c4ccccc4-5)c4ccc5ccccc5c4c3)cc21. The predicted octanol–water partition coefficient (Wildman–Crippen LogP) is 34.4. The van der Waals surface area contributed by atoms with Gasteiger partial charge in [-0.1, -0.05) is 359 Å². The van der Waals surface area contributed by atoms with Crippen LogP contribution < -0.4 is 19.6 Å². The molecule has 24 rings (SSSR count). The van der Waals surface area contributed by atoms with Crippen LogP contribution in [-0.2, 0) is 21.7 Å². The highest BCUT2D eigenvalue weighted by atomic mass is 15.2. The standard InChI is InChI=1S/C68H52N2.C56H44N2/c1-67(2)62-39-48(45-19-9-5-10-20-45)30-34-56(62)58-37-32-52(42-64(58)67)69(50-24-13-7-14-25-50)54-41-61-55-28-18-17-23-47(55)29-36-60(61)66(44-54)70(51-26-15-8-16-27-51)53-33-38-59-57-35-31-49(46-21-11-6-12-22-46)40-63(57)68(3,4)65(59)43-53;1-55(2)50-25-15-13-23-44(50)46-31-28-40(34-52(46)55)57(38-18-7-5-8-19-38)42-33-49-43-22-12-11-17-37(43)27-30-48(49)54(36-42)58(39-20-9-6-10-21-39)41-29-32-47-45-24-14-16-26-51(45)56(3,4)53(47)35-41/h5-44H,1-4H3;5-36H,1-4H3. The van der Waals surface area contributed by atoms with Crippen LogP contribution in [0.25, 0.3) is 110 Å². The molecule has 0 fully saturated rings. The molecule has 0 bridgehead atoms. The average Bonchev–Trinajstić information content (AvgIpc) is 1.70. The fourth-order valence-electron chi connectivity index (χ4n) is 21.9. The Morgan fingerprint density at radius 1 is 0.141 bits per heavy atom. The molecule has 128 heavy (non-hydrogen) atoms. The van der Waals surface area contributed by atoms with Gasteiger partial charge in [0.15, 0.2) is 0 Å². The predicted molar refractivity (Wildman–Crippen MR) is 543 cm³/mol. The zero-order valence-electron chi connectivity index (χ0n) is 73.4. The largest absolute Gasteiger partial charge is 0.310 e. The van der Waals surface area contributed by atoms with E-state index in [1.54, 1.807) is 0 Å². The van der Waals surface area contributed by atoms with Gasteiger partial charge in [0.1, 0.15) is 0 Å². The molecule has 0 radical (unpaired) electrons. The zero-order valence-corrected chi connectivity index (χ0v) is 73.4. The van der Waals surface area contributed by atoms with Crippen LogP contribution in [-0.4, -0.2) is 0 Å². The van der Waals surface area contributed by atoms with E-state index in [1.165, 1.54) is 154 Å². The van der Waals surface area contributed by atoms with E-state index in [9.17, 15) is 0 Å². The highest BCUT2D eigenvalue weighted by molar-refractivity contribution is 6.17. The van der Waals surface area contributed by atoms with Crippen molar-refractivity contribution in [2.45, 2.75) is 77.0 Å². The van der Waals surface area contributed by atoms with Crippen LogP contribution in [0.15, 0.2) is 437 Å². The third-order valence-electron chi connectivity index (χ3n) is 28.4. The molecule has 0 saturated heterocycles. The van der Waals surface area contributed by atoms with Gasteiger partial charge in [0.2, 0.25) is 0 Å². The summed E-state index contributed by atoms with van der Waals surface area (Å²) in [5.74, 6) is 0. The summed E-state index contributed by atoms with van der Waals surface area (Å²) >= 11 is 0. The van der Waals surface area contributed by atoms with Crippen molar-refractivity contribution in [2.24, 2.45) is 0 Å². The Balaban J connectivity index is 0.000000149. The topological polar surface area (TPSA) is 13.0 Å². The molecule has 0 unspecified atom stereocenters. The number of rotatable bonds is 14. The van der Waals surface area contributed by atoms with Gasteiger partial charge in [-0.2, -0.15) is 0 Å². The summed E-state index contributed by atoms with van der Waals surface area (Å²) < 4.78 is 0. The molecule has 612 valence electrons. The lowest BCUT2D eigenvalue weighted by Crippen LogP contribution is -2.18. The van der Waals surface area contributed by atoms with Crippen LogP contribution in [0.4, 0.5) is 68.2 Å². The number of anilines is 12. The fraction of sp³-hybridized carbons (Fsp3) is 0.0968. The van der Waals surface area contributed by atoms with Crippen molar-refractivity contribution in [3.63, 3.8) is 0 Å². The summed E-state index contributed by atoms with van der Waals surface area (Å²) in [5.41, 5.74) is 39.1. The summed E-state index contributed by atoms with van der Waals surface area (Å²) in [5, 5.41) is 9.72. The van der Waals surface area contributed by atoms with E-state index in [-0.39, 0.29) is 21.7 Å². The first-order chi connectivity index (χ1) is 62.5. The Hall–Kier alpha value is -15.4. The maximum absolute atomic E-state index is 2.49. The Morgan fingerprint density at radius 2 is 0.398 bits per heavy atom. The lowest BCUT2D eigenvalue weighted by Gasteiger charge is -2.32. The minimum atomic E-state index is -0.220. The number of nitrogens with zero attached hydrogens (tertiary/aromatic N) is 4. The number of hydrogen-bond donors (Lipinski definition) is 0. The summed E-state index contributed by atoms with van der Waals surface area (Å²) in [4.78, 5) is 9.89. The normalized spacial score (nSPS) is 13.9. The number of fused-ring (bicyclic) bond motifs is 18. The molecule has 4 nitrogen and oxygen atoms in total. The lowest BCUT2D eigenvalue weighted by molar-refractivity contribution is 0.660. The Labute approximate surface area is 750 Å². The van der Waals surface area contributed by atoms with Crippen molar-refractivity contribution in [3.8, 4) is 66.8 Å². The molecule has 0 spiro atoms. The van der Waals surface area contributed by atoms with Crippen molar-refractivity contribution in [3.05, 3.63) is 481 Å². The maximum Gasteiger partial charge on any atom is 0.0561 e. The van der Waals surface area contributed by atoms with E-state index in [1.807, 2.05) is 0 Å². The van der Waals surface area contributed by atoms with Crippen molar-refractivity contribution in [1.29, 1.82) is 0 Å². The highest BCUT2D eigenvalue weighted by Gasteiger charge is 2.42. The van der Waals surface area contributed by atoms with Crippen LogP contribution in [0.1, 0.15) is 99.9 Å². The zero-order chi connectivity index (χ0) is 86.3. The summed E-state index contributed by atoms with van der Waals surface area (Å²) in [6, 6.07) is 162. The molecule has 0 aromatic heterocycles. The first kappa shape index (κ1) is 77.4. The molecule has 4 aliphatic rings. The third kappa shape index (κ3) is 12.6. The average molecular weight is 1640 g/mol. The Bertz CT molecular complexity index is 7800.